The molecule has 0 spiro atoms. The van der Waals surface area contributed by atoms with E-state index in [1.54, 1.807) is 6.07 Å². The van der Waals surface area contributed by atoms with Crippen molar-refractivity contribution in [1.82, 2.24) is 0 Å². The standard InChI is InChI=1S/C13H18O2/c1-2-3-4-13-12-6-5-11(14)9-10(12)7-8-15-13/h5-6,9,13-14H,2-4,7-8H2,1H3. The van der Waals surface area contributed by atoms with Crippen molar-refractivity contribution in [1.29, 1.82) is 0 Å². The predicted octanol–water partition coefficient (Wildman–Crippen LogP) is 3.20. The number of rotatable bonds is 3. The lowest BCUT2D eigenvalue weighted by Crippen LogP contribution is -2.16. The van der Waals surface area contributed by atoms with Crippen LogP contribution in [0.5, 0.6) is 5.75 Å². The van der Waals surface area contributed by atoms with E-state index in [4.69, 9.17) is 4.74 Å². The fraction of sp³-hybridized carbons (Fsp3) is 0.538. The third kappa shape index (κ3) is 2.32. The molecule has 0 saturated carbocycles. The Kier molecular flexibility index (Phi) is 3.27. The van der Waals surface area contributed by atoms with Crippen molar-refractivity contribution >= 4 is 0 Å². The summed E-state index contributed by atoms with van der Waals surface area (Å²) in [5.41, 5.74) is 2.52. The van der Waals surface area contributed by atoms with E-state index >= 15 is 0 Å². The van der Waals surface area contributed by atoms with E-state index in [1.165, 1.54) is 24.0 Å². The molecular weight excluding hydrogens is 188 g/mol. The Bertz CT molecular complexity index is 333. The number of ether oxygens (including phenoxy) is 1. The molecule has 1 aromatic carbocycles. The second-order valence-corrected chi connectivity index (χ2v) is 4.13. The Hall–Kier alpha value is -1.02. The molecule has 0 aromatic heterocycles. The highest BCUT2D eigenvalue weighted by Crippen LogP contribution is 2.32. The van der Waals surface area contributed by atoms with Crippen molar-refractivity contribution in [2.24, 2.45) is 0 Å². The first-order valence-electron chi connectivity index (χ1n) is 5.74. The lowest BCUT2D eigenvalue weighted by atomic mass is 9.94. The second kappa shape index (κ2) is 4.67. The van der Waals surface area contributed by atoms with Crippen LogP contribution in [0.25, 0.3) is 0 Å². The molecule has 2 rings (SSSR count). The number of unbranched alkanes of at least 4 members (excludes halogenated alkanes) is 1. The molecule has 2 nitrogen and oxygen atoms in total. The average Bonchev–Trinajstić information content (AvgIpc) is 2.25. The van der Waals surface area contributed by atoms with Gasteiger partial charge in [-0.05, 0) is 36.1 Å². The number of phenolic OH excluding ortho intramolecular Hbond substituents is 1. The lowest BCUT2D eigenvalue weighted by molar-refractivity contribution is 0.0350. The fourth-order valence-corrected chi connectivity index (χ4v) is 2.15. The third-order valence-electron chi connectivity index (χ3n) is 2.98. The zero-order chi connectivity index (χ0) is 10.7. The molecule has 0 saturated heterocycles. The maximum Gasteiger partial charge on any atom is 0.115 e. The lowest BCUT2D eigenvalue weighted by Gasteiger charge is -2.26. The van der Waals surface area contributed by atoms with E-state index in [9.17, 15) is 5.11 Å². The van der Waals surface area contributed by atoms with Crippen molar-refractivity contribution in [3.05, 3.63) is 29.3 Å². The number of hydrogen-bond acceptors (Lipinski definition) is 2. The second-order valence-electron chi connectivity index (χ2n) is 4.13. The summed E-state index contributed by atoms with van der Waals surface area (Å²) < 4.78 is 5.76. The Morgan fingerprint density at radius 1 is 1.47 bits per heavy atom. The van der Waals surface area contributed by atoms with Crippen LogP contribution in [0.1, 0.15) is 43.4 Å². The highest BCUT2D eigenvalue weighted by Gasteiger charge is 2.20. The van der Waals surface area contributed by atoms with Gasteiger partial charge in [0.1, 0.15) is 5.75 Å². The molecule has 0 aliphatic carbocycles. The van der Waals surface area contributed by atoms with Crippen molar-refractivity contribution in [3.8, 4) is 5.75 Å². The van der Waals surface area contributed by atoms with Crippen molar-refractivity contribution < 1.29 is 9.84 Å². The number of aromatic hydroxyl groups is 1. The molecule has 15 heavy (non-hydrogen) atoms. The van der Waals surface area contributed by atoms with Crippen LogP contribution < -0.4 is 0 Å². The van der Waals surface area contributed by atoms with E-state index in [2.05, 4.69) is 6.92 Å². The summed E-state index contributed by atoms with van der Waals surface area (Å²) in [5.74, 6) is 0.366. The number of hydrogen-bond donors (Lipinski definition) is 1. The van der Waals surface area contributed by atoms with E-state index in [0.29, 0.717) is 5.75 Å². The highest BCUT2D eigenvalue weighted by atomic mass is 16.5. The molecule has 1 N–H and O–H groups in total. The maximum atomic E-state index is 9.41. The monoisotopic (exact) mass is 206 g/mol. The number of phenols is 1. The molecule has 1 unspecified atom stereocenters. The number of fused-ring (bicyclic) bond motifs is 1. The zero-order valence-electron chi connectivity index (χ0n) is 9.20. The van der Waals surface area contributed by atoms with E-state index in [0.717, 1.165) is 19.4 Å². The van der Waals surface area contributed by atoms with Gasteiger partial charge in [0, 0.05) is 0 Å². The molecule has 0 fully saturated rings. The molecule has 1 heterocycles. The summed E-state index contributed by atoms with van der Waals surface area (Å²) in [5, 5.41) is 9.41. The summed E-state index contributed by atoms with van der Waals surface area (Å²) in [6.07, 6.45) is 4.66. The molecule has 1 atom stereocenters. The number of benzene rings is 1. The SMILES string of the molecule is CCCCC1OCCc2cc(O)ccc21. The van der Waals surface area contributed by atoms with E-state index in [1.807, 2.05) is 12.1 Å². The van der Waals surface area contributed by atoms with Crippen molar-refractivity contribution in [2.75, 3.05) is 6.61 Å². The van der Waals surface area contributed by atoms with Gasteiger partial charge in [-0.2, -0.15) is 0 Å². The Labute approximate surface area is 90.9 Å². The van der Waals surface area contributed by atoms with Gasteiger partial charge in [-0.3, -0.25) is 0 Å². The maximum absolute atomic E-state index is 9.41. The minimum absolute atomic E-state index is 0.245. The van der Waals surface area contributed by atoms with Crippen LogP contribution in [0, 0.1) is 0 Å². The van der Waals surface area contributed by atoms with Gasteiger partial charge in [0.05, 0.1) is 12.7 Å². The molecule has 2 heteroatoms. The fourth-order valence-electron chi connectivity index (χ4n) is 2.15. The Morgan fingerprint density at radius 3 is 3.13 bits per heavy atom. The van der Waals surface area contributed by atoms with Gasteiger partial charge >= 0.3 is 0 Å². The van der Waals surface area contributed by atoms with Gasteiger partial charge in [-0.15, -0.1) is 0 Å². The molecule has 0 bridgehead atoms. The normalized spacial score (nSPS) is 19.9. The first kappa shape index (κ1) is 10.5. The molecule has 0 radical (unpaired) electrons. The van der Waals surface area contributed by atoms with Crippen LogP contribution in [0.2, 0.25) is 0 Å². The molecule has 0 amide bonds. The molecule has 1 aromatic rings. The smallest absolute Gasteiger partial charge is 0.115 e. The molecule has 1 aliphatic rings. The van der Waals surface area contributed by atoms with Gasteiger partial charge < -0.3 is 9.84 Å². The zero-order valence-corrected chi connectivity index (χ0v) is 9.20. The van der Waals surface area contributed by atoms with Gasteiger partial charge in [0.2, 0.25) is 0 Å². The third-order valence-corrected chi connectivity index (χ3v) is 2.98. The molecule has 1 aliphatic heterocycles. The van der Waals surface area contributed by atoms with Crippen molar-refractivity contribution in [3.63, 3.8) is 0 Å². The summed E-state index contributed by atoms with van der Waals surface area (Å²) in [6.45, 7) is 2.98. The first-order valence-corrected chi connectivity index (χ1v) is 5.74. The largest absolute Gasteiger partial charge is 0.508 e. The summed E-state index contributed by atoms with van der Waals surface area (Å²) >= 11 is 0. The summed E-state index contributed by atoms with van der Waals surface area (Å²) in [7, 11) is 0. The van der Waals surface area contributed by atoms with Gasteiger partial charge in [0.25, 0.3) is 0 Å². The minimum Gasteiger partial charge on any atom is -0.508 e. The highest BCUT2D eigenvalue weighted by molar-refractivity contribution is 5.37. The topological polar surface area (TPSA) is 29.5 Å². The Morgan fingerprint density at radius 2 is 2.33 bits per heavy atom. The van der Waals surface area contributed by atoms with Gasteiger partial charge in [-0.1, -0.05) is 25.8 Å². The molecule has 82 valence electrons. The van der Waals surface area contributed by atoms with Crippen LogP contribution in [0.4, 0.5) is 0 Å². The van der Waals surface area contributed by atoms with E-state index in [-0.39, 0.29) is 6.10 Å². The predicted molar refractivity (Wildman–Crippen MR) is 60.0 cm³/mol. The van der Waals surface area contributed by atoms with Crippen LogP contribution >= 0.6 is 0 Å². The summed E-state index contributed by atoms with van der Waals surface area (Å²) in [6, 6.07) is 5.63. The van der Waals surface area contributed by atoms with Gasteiger partial charge in [0.15, 0.2) is 0 Å². The minimum atomic E-state index is 0.245. The van der Waals surface area contributed by atoms with Crippen LogP contribution in [0.15, 0.2) is 18.2 Å². The average molecular weight is 206 g/mol. The van der Waals surface area contributed by atoms with Crippen molar-refractivity contribution in [2.45, 2.75) is 38.7 Å². The van der Waals surface area contributed by atoms with Crippen LogP contribution in [-0.4, -0.2) is 11.7 Å². The quantitative estimate of drug-likeness (QED) is 0.823. The first-order chi connectivity index (χ1) is 7.31. The van der Waals surface area contributed by atoms with E-state index < -0.39 is 0 Å². The Balaban J connectivity index is 2.18. The van der Waals surface area contributed by atoms with Crippen LogP contribution in [0.3, 0.4) is 0 Å². The summed E-state index contributed by atoms with van der Waals surface area (Å²) in [4.78, 5) is 0. The molecular formula is C13H18O2. The van der Waals surface area contributed by atoms with Gasteiger partial charge in [-0.25, -0.2) is 0 Å². The van der Waals surface area contributed by atoms with Crippen LogP contribution in [-0.2, 0) is 11.2 Å².